The maximum absolute atomic E-state index is 6.91. The molecule has 4 aromatic carbocycles. The zero-order chi connectivity index (χ0) is 29.0. The van der Waals surface area contributed by atoms with Crippen molar-refractivity contribution in [2.24, 2.45) is 0 Å². The highest BCUT2D eigenvalue weighted by Gasteiger charge is 2.27. The molecule has 5 rings (SSSR count). The van der Waals surface area contributed by atoms with Crippen LogP contribution in [0, 0.1) is 27.7 Å². The van der Waals surface area contributed by atoms with Crippen molar-refractivity contribution in [2.45, 2.75) is 80.1 Å². The molecule has 0 N–H and O–H groups in total. The lowest BCUT2D eigenvalue weighted by molar-refractivity contribution is 0.490. The molecule has 0 amide bonds. The summed E-state index contributed by atoms with van der Waals surface area (Å²) in [4.78, 5) is 0. The quantitative estimate of drug-likeness (QED) is 0.223. The standard InChI is InChI=1S/C36H41O3P/c1-22-20-28(35(5,6)7)33-31(24(22)3)32-25(4)23(2)21-29(36(8,9)10)34(32)39-40(38-33)37-30-19-15-14-18-27(30)26-16-12-11-13-17-26/h11-21H,1-10H3. The van der Waals surface area contributed by atoms with Gasteiger partial charge in [-0.05, 0) is 72.4 Å². The summed E-state index contributed by atoms with van der Waals surface area (Å²) in [7, 11) is -1.83. The Bertz CT molecular complexity index is 1680. The summed E-state index contributed by atoms with van der Waals surface area (Å²) >= 11 is 0. The Morgan fingerprint density at radius 2 is 1.05 bits per heavy atom. The third-order valence-electron chi connectivity index (χ3n) is 7.94. The summed E-state index contributed by atoms with van der Waals surface area (Å²) in [5, 5.41) is 2.24. The van der Waals surface area contributed by atoms with Crippen molar-refractivity contribution in [1.82, 2.24) is 0 Å². The van der Waals surface area contributed by atoms with E-state index in [1.165, 1.54) is 22.3 Å². The third-order valence-corrected chi connectivity index (χ3v) is 8.95. The summed E-state index contributed by atoms with van der Waals surface area (Å²) in [5.74, 6) is 0.743. The first-order valence-corrected chi connectivity index (χ1v) is 15.1. The third kappa shape index (κ3) is 5.08. The van der Waals surface area contributed by atoms with Gasteiger partial charge in [0, 0.05) is 27.5 Å². The number of benzene rings is 4. The zero-order valence-electron chi connectivity index (χ0n) is 25.5. The average Bonchev–Trinajstić information content (AvgIpc) is 3.05. The number of hydrogen-bond acceptors (Lipinski definition) is 3. The van der Waals surface area contributed by atoms with E-state index in [0.29, 0.717) is 0 Å². The molecule has 0 saturated heterocycles. The number of aryl methyl sites for hydroxylation is 4. The van der Waals surface area contributed by atoms with Gasteiger partial charge in [0.1, 0.15) is 16.9 Å². The van der Waals surface area contributed by atoms with Gasteiger partial charge in [-0.2, -0.15) is 0 Å². The second-order valence-electron chi connectivity index (χ2n) is 13.0. The number of para-hydroxylation sites is 1. The Balaban J connectivity index is 1.96. The van der Waals surface area contributed by atoms with Crippen molar-refractivity contribution in [1.29, 1.82) is 0 Å². The lowest BCUT2D eigenvalue weighted by Gasteiger charge is -2.23. The molecule has 3 nitrogen and oxygen atoms in total. The molecule has 0 bridgehead atoms. The minimum absolute atomic E-state index is 0.138. The van der Waals surface area contributed by atoms with E-state index < -0.39 is 8.24 Å². The zero-order valence-corrected chi connectivity index (χ0v) is 26.4. The van der Waals surface area contributed by atoms with Crippen LogP contribution in [0.25, 0.3) is 33.1 Å². The van der Waals surface area contributed by atoms with Gasteiger partial charge in [-0.1, -0.05) is 102 Å². The predicted molar refractivity (Wildman–Crippen MR) is 171 cm³/mol. The lowest BCUT2D eigenvalue weighted by Crippen LogP contribution is -2.13. The minimum Gasteiger partial charge on any atom is -0.390 e. The molecule has 0 fully saturated rings. The molecule has 0 unspecified atom stereocenters. The number of hydrogen-bond donors (Lipinski definition) is 0. The molecule has 0 aliphatic heterocycles. The fraction of sp³-hybridized carbons (Fsp3) is 0.333. The monoisotopic (exact) mass is 552 g/mol. The Morgan fingerprint density at radius 1 is 0.600 bits per heavy atom. The molecule has 0 atom stereocenters. The molecule has 0 radical (unpaired) electrons. The van der Waals surface area contributed by atoms with Crippen LogP contribution in [0.2, 0.25) is 0 Å². The van der Waals surface area contributed by atoms with Crippen LogP contribution in [0.3, 0.4) is 0 Å². The highest BCUT2D eigenvalue weighted by molar-refractivity contribution is 7.32. The molecule has 208 valence electrons. The van der Waals surface area contributed by atoms with Crippen LogP contribution in [0.5, 0.6) is 5.75 Å². The van der Waals surface area contributed by atoms with Crippen molar-refractivity contribution in [3.63, 3.8) is 0 Å². The van der Waals surface area contributed by atoms with Gasteiger partial charge in [0.25, 0.3) is 0 Å². The van der Waals surface area contributed by atoms with E-state index in [0.717, 1.165) is 49.9 Å². The van der Waals surface area contributed by atoms with Crippen LogP contribution in [0.1, 0.15) is 74.9 Å². The maximum Gasteiger partial charge on any atom is 0.453 e. The molecule has 0 saturated carbocycles. The summed E-state index contributed by atoms with van der Waals surface area (Å²) in [6, 6.07) is 23.0. The first-order chi connectivity index (χ1) is 18.8. The molecular weight excluding hydrogens is 511 g/mol. The second-order valence-corrected chi connectivity index (χ2v) is 14.0. The molecule has 1 heterocycles. The van der Waals surface area contributed by atoms with Crippen molar-refractivity contribution in [3.05, 3.63) is 100 Å². The van der Waals surface area contributed by atoms with Crippen molar-refractivity contribution >= 4 is 30.2 Å². The Labute approximate surface area is 239 Å². The van der Waals surface area contributed by atoms with E-state index in [-0.39, 0.29) is 10.8 Å². The lowest BCUT2D eigenvalue weighted by atomic mass is 9.81. The van der Waals surface area contributed by atoms with Gasteiger partial charge in [0.2, 0.25) is 0 Å². The first-order valence-electron chi connectivity index (χ1n) is 14.1. The molecule has 0 aliphatic rings. The normalized spacial score (nSPS) is 12.2. The van der Waals surface area contributed by atoms with E-state index in [2.05, 4.69) is 99.6 Å². The van der Waals surface area contributed by atoms with Gasteiger partial charge in [-0.15, -0.1) is 0 Å². The van der Waals surface area contributed by atoms with Crippen LogP contribution in [-0.4, -0.2) is 0 Å². The smallest absolute Gasteiger partial charge is 0.390 e. The molecule has 0 spiro atoms. The Kier molecular flexibility index (Phi) is 7.17. The Hall–Kier alpha value is -3.42. The summed E-state index contributed by atoms with van der Waals surface area (Å²) in [6.45, 7) is 22.2. The summed E-state index contributed by atoms with van der Waals surface area (Å²) in [6.07, 6.45) is 0. The molecule has 1 aromatic heterocycles. The largest absolute Gasteiger partial charge is 0.453 e. The topological polar surface area (TPSA) is 35.5 Å². The Morgan fingerprint density at radius 3 is 1.52 bits per heavy atom. The van der Waals surface area contributed by atoms with Gasteiger partial charge >= 0.3 is 8.24 Å². The van der Waals surface area contributed by atoms with Gasteiger partial charge in [0.05, 0.1) is 0 Å². The average molecular weight is 553 g/mol. The molecule has 40 heavy (non-hydrogen) atoms. The van der Waals surface area contributed by atoms with E-state index in [4.69, 9.17) is 12.9 Å². The molecular formula is C36H41O3P. The fourth-order valence-electron chi connectivity index (χ4n) is 5.38. The van der Waals surface area contributed by atoms with Gasteiger partial charge in [-0.25, -0.2) is 0 Å². The van der Waals surface area contributed by atoms with E-state index in [9.17, 15) is 0 Å². The number of fused-ring (bicyclic) bond motifs is 3. The van der Waals surface area contributed by atoms with Crippen molar-refractivity contribution < 1.29 is 12.9 Å². The maximum atomic E-state index is 6.91. The van der Waals surface area contributed by atoms with Crippen LogP contribution < -0.4 is 4.52 Å². The van der Waals surface area contributed by atoms with E-state index >= 15 is 0 Å². The van der Waals surface area contributed by atoms with Crippen LogP contribution in [0.4, 0.5) is 0 Å². The van der Waals surface area contributed by atoms with E-state index in [1.807, 2.05) is 36.4 Å². The van der Waals surface area contributed by atoms with Gasteiger partial charge in [0.15, 0.2) is 0 Å². The molecule has 4 heteroatoms. The van der Waals surface area contributed by atoms with Crippen LogP contribution in [-0.2, 0) is 10.8 Å². The van der Waals surface area contributed by atoms with Crippen LogP contribution >= 0.6 is 8.24 Å². The molecule has 5 aromatic rings. The number of rotatable bonds is 3. The van der Waals surface area contributed by atoms with Crippen molar-refractivity contribution in [2.75, 3.05) is 0 Å². The summed E-state index contributed by atoms with van der Waals surface area (Å²) < 4.78 is 20.6. The fourth-order valence-corrected chi connectivity index (χ4v) is 6.49. The minimum atomic E-state index is -1.83. The van der Waals surface area contributed by atoms with Crippen LogP contribution in [0.15, 0.2) is 75.1 Å². The van der Waals surface area contributed by atoms with Crippen molar-refractivity contribution in [3.8, 4) is 16.9 Å². The highest BCUT2D eigenvalue weighted by Crippen LogP contribution is 2.47. The first kappa shape index (κ1) is 28.1. The van der Waals surface area contributed by atoms with E-state index in [1.54, 1.807) is 0 Å². The molecule has 0 aliphatic carbocycles. The predicted octanol–water partition coefficient (Wildman–Crippen LogP) is 11.6. The summed E-state index contributed by atoms with van der Waals surface area (Å²) in [5.41, 5.74) is 10.8. The highest BCUT2D eigenvalue weighted by atomic mass is 31.1. The second kappa shape index (κ2) is 10.2. The SMILES string of the molecule is Cc1cc(C(C)(C)C)c2op(Oc3ccccc3-c3ccccc3)oc3c(C(C)(C)C)cc(C)c(C)c3c2c1C. The van der Waals surface area contributed by atoms with Gasteiger partial charge in [-0.3, -0.25) is 0 Å². The van der Waals surface area contributed by atoms with Gasteiger partial charge < -0.3 is 12.9 Å².